The molecule has 3 heterocycles. The second-order valence-electron chi connectivity index (χ2n) is 10.5. The topological polar surface area (TPSA) is 98.8 Å². The van der Waals surface area contributed by atoms with Gasteiger partial charge in [0.2, 0.25) is 17.7 Å². The maximum Gasteiger partial charge on any atom is 0.253 e. The monoisotopic (exact) mass is 522 g/mol. The van der Waals surface area contributed by atoms with Crippen molar-refractivity contribution < 1.29 is 19.2 Å². The molecule has 4 amide bonds. The van der Waals surface area contributed by atoms with Crippen LogP contribution in [0.3, 0.4) is 0 Å². The lowest BCUT2D eigenvalue weighted by molar-refractivity contribution is -0.143. The number of benzene rings is 3. The molecule has 0 aliphatic carbocycles. The Kier molecular flexibility index (Phi) is 6.07. The molecule has 0 radical (unpaired) electrons. The number of para-hydroxylation sites is 1. The van der Waals surface area contributed by atoms with Gasteiger partial charge in [-0.2, -0.15) is 0 Å². The molecular formula is C31H30N4O4. The number of imide groups is 1. The van der Waals surface area contributed by atoms with Crippen LogP contribution >= 0.6 is 0 Å². The highest BCUT2D eigenvalue weighted by Crippen LogP contribution is 2.55. The van der Waals surface area contributed by atoms with Crippen LogP contribution in [0.4, 0.5) is 11.4 Å². The van der Waals surface area contributed by atoms with E-state index < -0.39 is 17.4 Å². The molecule has 3 aliphatic rings. The van der Waals surface area contributed by atoms with Crippen molar-refractivity contribution in [3.63, 3.8) is 0 Å². The Morgan fingerprint density at radius 3 is 2.31 bits per heavy atom. The Morgan fingerprint density at radius 2 is 1.59 bits per heavy atom. The fourth-order valence-electron chi connectivity index (χ4n) is 6.42. The number of likely N-dealkylation sites (tertiary alicyclic amines) is 1. The zero-order valence-corrected chi connectivity index (χ0v) is 21.9. The van der Waals surface area contributed by atoms with Crippen LogP contribution in [0.1, 0.15) is 30.0 Å². The first-order chi connectivity index (χ1) is 18.8. The molecule has 39 heavy (non-hydrogen) atoms. The van der Waals surface area contributed by atoms with Gasteiger partial charge < -0.3 is 10.2 Å². The predicted octanol–water partition coefficient (Wildman–Crippen LogP) is 3.36. The van der Waals surface area contributed by atoms with Crippen molar-refractivity contribution in [3.05, 3.63) is 95.6 Å². The van der Waals surface area contributed by atoms with Gasteiger partial charge in [0.25, 0.3) is 5.91 Å². The van der Waals surface area contributed by atoms with Gasteiger partial charge in [0.1, 0.15) is 12.1 Å². The van der Waals surface area contributed by atoms with E-state index in [-0.39, 0.29) is 42.8 Å². The molecule has 1 spiro atoms. The summed E-state index contributed by atoms with van der Waals surface area (Å²) in [6.45, 7) is 3.86. The summed E-state index contributed by atoms with van der Waals surface area (Å²) < 4.78 is 0. The highest BCUT2D eigenvalue weighted by atomic mass is 16.2. The first-order valence-corrected chi connectivity index (χ1v) is 13.3. The molecule has 8 nitrogen and oxygen atoms in total. The Hall–Kier alpha value is -4.30. The van der Waals surface area contributed by atoms with Crippen molar-refractivity contribution in [3.8, 4) is 0 Å². The molecule has 2 saturated heterocycles. The van der Waals surface area contributed by atoms with Gasteiger partial charge in [-0.25, -0.2) is 0 Å². The lowest BCUT2D eigenvalue weighted by Crippen LogP contribution is -2.55. The number of nitrogens with zero attached hydrogens (tertiary/aromatic N) is 2. The minimum absolute atomic E-state index is 0.163. The summed E-state index contributed by atoms with van der Waals surface area (Å²) in [4.78, 5) is 57.9. The summed E-state index contributed by atoms with van der Waals surface area (Å²) >= 11 is 0. The van der Waals surface area contributed by atoms with Crippen LogP contribution in [0.2, 0.25) is 0 Å². The molecule has 2 fully saturated rings. The van der Waals surface area contributed by atoms with Crippen LogP contribution in [0.25, 0.3) is 0 Å². The second-order valence-corrected chi connectivity index (χ2v) is 10.5. The van der Waals surface area contributed by atoms with Crippen LogP contribution < -0.4 is 15.5 Å². The van der Waals surface area contributed by atoms with Crippen LogP contribution in [-0.2, 0) is 31.3 Å². The average molecular weight is 523 g/mol. The van der Waals surface area contributed by atoms with Gasteiger partial charge in [-0.05, 0) is 37.1 Å². The van der Waals surface area contributed by atoms with Crippen LogP contribution in [0, 0.1) is 18.8 Å². The number of carbonyl (C=O) groups excluding carboxylic acids is 4. The number of hydrogen-bond donors (Lipinski definition) is 2. The lowest BCUT2D eigenvalue weighted by Gasteiger charge is -2.30. The predicted molar refractivity (Wildman–Crippen MR) is 146 cm³/mol. The molecule has 0 unspecified atom stereocenters. The minimum Gasteiger partial charge on any atom is -0.325 e. The molecular weight excluding hydrogens is 492 g/mol. The number of carbonyl (C=O) groups is 4. The first kappa shape index (κ1) is 25.0. The number of rotatable bonds is 6. The summed E-state index contributed by atoms with van der Waals surface area (Å²) in [6.07, 6.45) is 0.574. The highest BCUT2D eigenvalue weighted by Gasteiger charge is 2.71. The molecule has 6 rings (SSSR count). The Bertz CT molecular complexity index is 1470. The third-order valence-electron chi connectivity index (χ3n) is 8.22. The third-order valence-corrected chi connectivity index (χ3v) is 8.22. The third kappa shape index (κ3) is 3.86. The number of aryl methyl sites for hydroxylation is 1. The van der Waals surface area contributed by atoms with E-state index in [2.05, 4.69) is 10.6 Å². The summed E-state index contributed by atoms with van der Waals surface area (Å²) in [5, 5.41) is 6.30. The SMILES string of the molecule is CC[C@@H]1N[C@@]2(C(=O)N(CC(=O)Nc3ccc(C)cc3)c3ccccc32)[C@@H]2C(=O)N(Cc3ccccc3)C(=O)[C@@H]12. The van der Waals surface area contributed by atoms with Crippen molar-refractivity contribution in [2.45, 2.75) is 38.4 Å². The number of nitrogens with one attached hydrogen (secondary N) is 2. The quantitative estimate of drug-likeness (QED) is 0.484. The van der Waals surface area contributed by atoms with E-state index in [1.54, 1.807) is 6.07 Å². The highest BCUT2D eigenvalue weighted by molar-refractivity contribution is 6.17. The van der Waals surface area contributed by atoms with Gasteiger partial charge in [0, 0.05) is 23.0 Å². The number of amides is 4. The number of anilines is 2. The van der Waals surface area contributed by atoms with Gasteiger partial charge in [0.15, 0.2) is 0 Å². The zero-order valence-electron chi connectivity index (χ0n) is 21.9. The molecule has 3 aromatic carbocycles. The van der Waals surface area contributed by atoms with E-state index in [1.165, 1.54) is 9.80 Å². The molecule has 0 bridgehead atoms. The van der Waals surface area contributed by atoms with E-state index in [4.69, 9.17) is 0 Å². The van der Waals surface area contributed by atoms with E-state index in [9.17, 15) is 19.2 Å². The molecule has 0 aromatic heterocycles. The van der Waals surface area contributed by atoms with Crippen molar-refractivity contribution in [1.29, 1.82) is 0 Å². The van der Waals surface area contributed by atoms with Crippen LogP contribution in [-0.4, -0.2) is 41.1 Å². The second kappa shape index (κ2) is 9.47. The summed E-state index contributed by atoms with van der Waals surface area (Å²) in [7, 11) is 0. The van der Waals surface area contributed by atoms with Gasteiger partial charge in [-0.15, -0.1) is 0 Å². The molecule has 3 aliphatic heterocycles. The van der Waals surface area contributed by atoms with E-state index in [0.717, 1.165) is 11.1 Å². The van der Waals surface area contributed by atoms with E-state index in [1.807, 2.05) is 86.6 Å². The fraction of sp³-hybridized carbons (Fsp3) is 0.290. The van der Waals surface area contributed by atoms with Crippen molar-refractivity contribution in [2.24, 2.45) is 11.8 Å². The number of fused-ring (bicyclic) bond motifs is 4. The van der Waals surface area contributed by atoms with Gasteiger partial charge >= 0.3 is 0 Å². The van der Waals surface area contributed by atoms with Crippen molar-refractivity contribution in [2.75, 3.05) is 16.8 Å². The lowest BCUT2D eigenvalue weighted by atomic mass is 9.76. The zero-order chi connectivity index (χ0) is 27.3. The molecule has 3 aromatic rings. The van der Waals surface area contributed by atoms with Gasteiger partial charge in [-0.1, -0.05) is 73.2 Å². The molecule has 4 atom stereocenters. The molecule has 0 saturated carbocycles. The Labute approximate surface area is 227 Å². The van der Waals surface area contributed by atoms with E-state index >= 15 is 0 Å². The fourth-order valence-corrected chi connectivity index (χ4v) is 6.42. The smallest absolute Gasteiger partial charge is 0.253 e. The van der Waals surface area contributed by atoms with Gasteiger partial charge in [-0.3, -0.25) is 29.4 Å². The maximum absolute atomic E-state index is 14.3. The summed E-state index contributed by atoms with van der Waals surface area (Å²) in [6, 6.07) is 23.7. The normalized spacial score (nSPS) is 25.4. The van der Waals surface area contributed by atoms with Crippen molar-refractivity contribution >= 4 is 35.0 Å². The first-order valence-electron chi connectivity index (χ1n) is 13.3. The Morgan fingerprint density at radius 1 is 0.897 bits per heavy atom. The average Bonchev–Trinajstić information content (AvgIpc) is 3.51. The summed E-state index contributed by atoms with van der Waals surface area (Å²) in [5.74, 6) is -2.89. The number of hydrogen-bond acceptors (Lipinski definition) is 5. The van der Waals surface area contributed by atoms with Gasteiger partial charge in [0.05, 0.1) is 18.4 Å². The standard InChI is InChI=1S/C31H30N4O4/c1-3-23-26-27(29(38)35(28(26)37)17-20-9-5-4-6-10-20)31(33-23)22-11-7-8-12-24(22)34(30(31)39)18-25(36)32-21-15-13-19(2)14-16-21/h4-16,23,26-27,33H,3,17-18H2,1-2H3,(H,32,36)/t23-,26-,27-,31+/m0/s1. The van der Waals surface area contributed by atoms with Crippen molar-refractivity contribution in [1.82, 2.24) is 10.2 Å². The Balaban J connectivity index is 1.35. The van der Waals surface area contributed by atoms with Crippen LogP contribution in [0.5, 0.6) is 0 Å². The summed E-state index contributed by atoms with van der Waals surface area (Å²) in [5.41, 5.74) is 2.35. The molecule has 2 N–H and O–H groups in total. The molecule has 198 valence electrons. The minimum atomic E-state index is -1.41. The molecule has 8 heteroatoms. The van der Waals surface area contributed by atoms with Crippen LogP contribution in [0.15, 0.2) is 78.9 Å². The largest absolute Gasteiger partial charge is 0.325 e. The van der Waals surface area contributed by atoms with E-state index in [0.29, 0.717) is 23.4 Å². The maximum atomic E-state index is 14.3.